The molecule has 1 aromatic heterocycles. The highest BCUT2D eigenvalue weighted by Gasteiger charge is 2.38. The predicted molar refractivity (Wildman–Crippen MR) is 138 cm³/mol. The molecule has 37 heavy (non-hydrogen) atoms. The summed E-state index contributed by atoms with van der Waals surface area (Å²) in [5.74, 6) is -1.02. The molecule has 0 saturated carbocycles. The molecule has 12 heteroatoms. The number of ether oxygens (including phenoxy) is 3. The Kier molecular flexibility index (Phi) is 8.79. The van der Waals surface area contributed by atoms with Crippen molar-refractivity contribution in [3.8, 4) is 5.75 Å². The van der Waals surface area contributed by atoms with Gasteiger partial charge in [0.2, 0.25) is 0 Å². The first kappa shape index (κ1) is 28.8. The zero-order valence-electron chi connectivity index (χ0n) is 22.0. The Labute approximate surface area is 222 Å². The summed E-state index contributed by atoms with van der Waals surface area (Å²) >= 11 is 6.22. The van der Waals surface area contributed by atoms with Crippen LogP contribution >= 0.6 is 11.6 Å². The molecule has 0 N–H and O–H groups in total. The maximum Gasteiger partial charge on any atom is 0.310 e. The SMILES string of the molecule is CCOC(=O)[C@H](C)C[C@H]1CN(S(=O)(=O)c2cn(CC)nc2Cl)c2cc(CC(=O)OC(C)(C)C)ccc2O1. The zero-order valence-corrected chi connectivity index (χ0v) is 23.6. The van der Waals surface area contributed by atoms with Crippen LogP contribution in [-0.2, 0) is 42.1 Å². The van der Waals surface area contributed by atoms with Crippen molar-refractivity contribution in [3.63, 3.8) is 0 Å². The molecule has 1 aromatic carbocycles. The Balaban J connectivity index is 2.00. The summed E-state index contributed by atoms with van der Waals surface area (Å²) in [4.78, 5) is 24.5. The number of benzene rings is 1. The van der Waals surface area contributed by atoms with Crippen LogP contribution in [0.4, 0.5) is 5.69 Å². The summed E-state index contributed by atoms with van der Waals surface area (Å²) in [6.07, 6.45) is 0.953. The van der Waals surface area contributed by atoms with Crippen LogP contribution in [0.1, 0.15) is 53.5 Å². The van der Waals surface area contributed by atoms with Crippen molar-refractivity contribution in [3.05, 3.63) is 35.1 Å². The molecule has 0 bridgehead atoms. The van der Waals surface area contributed by atoms with Gasteiger partial charge in [0.25, 0.3) is 10.0 Å². The van der Waals surface area contributed by atoms with Gasteiger partial charge in [-0.15, -0.1) is 0 Å². The van der Waals surface area contributed by atoms with Crippen LogP contribution in [0, 0.1) is 5.92 Å². The largest absolute Gasteiger partial charge is 0.486 e. The van der Waals surface area contributed by atoms with Crippen LogP contribution in [0.25, 0.3) is 0 Å². The monoisotopic (exact) mass is 555 g/mol. The molecule has 0 spiro atoms. The van der Waals surface area contributed by atoms with Gasteiger partial charge < -0.3 is 14.2 Å². The van der Waals surface area contributed by atoms with Crippen molar-refractivity contribution in [2.75, 3.05) is 17.5 Å². The zero-order chi connectivity index (χ0) is 27.5. The van der Waals surface area contributed by atoms with Crippen molar-refractivity contribution in [2.45, 2.75) is 77.5 Å². The van der Waals surface area contributed by atoms with Crippen molar-refractivity contribution >= 4 is 39.3 Å². The number of anilines is 1. The van der Waals surface area contributed by atoms with Gasteiger partial charge in [0.05, 0.1) is 31.2 Å². The Morgan fingerprint density at radius 3 is 2.57 bits per heavy atom. The first-order chi connectivity index (χ1) is 17.2. The van der Waals surface area contributed by atoms with E-state index in [1.165, 1.54) is 15.2 Å². The number of hydrogen-bond donors (Lipinski definition) is 0. The average molecular weight is 556 g/mol. The maximum absolute atomic E-state index is 13.8. The third kappa shape index (κ3) is 6.95. The van der Waals surface area contributed by atoms with Crippen LogP contribution in [-0.4, -0.2) is 55.0 Å². The number of carbonyl (C=O) groups excluding carboxylic acids is 2. The fourth-order valence-electron chi connectivity index (χ4n) is 3.97. The summed E-state index contributed by atoms with van der Waals surface area (Å²) in [6, 6.07) is 4.91. The highest BCUT2D eigenvalue weighted by molar-refractivity contribution is 7.93. The normalized spacial score (nSPS) is 16.5. The Bertz CT molecular complexity index is 1250. The summed E-state index contributed by atoms with van der Waals surface area (Å²) in [7, 11) is -4.16. The fourth-order valence-corrected chi connectivity index (χ4v) is 5.92. The highest BCUT2D eigenvalue weighted by atomic mass is 35.5. The van der Waals surface area contributed by atoms with Gasteiger partial charge in [-0.3, -0.25) is 18.6 Å². The summed E-state index contributed by atoms with van der Waals surface area (Å²) in [6.45, 7) is 11.2. The molecule has 0 fully saturated rings. The quantitative estimate of drug-likeness (QED) is 0.426. The topological polar surface area (TPSA) is 117 Å². The van der Waals surface area contributed by atoms with Gasteiger partial charge in [0.15, 0.2) is 5.15 Å². The minimum Gasteiger partial charge on any atom is -0.486 e. The molecule has 1 aliphatic heterocycles. The number of esters is 2. The van der Waals surface area contributed by atoms with E-state index in [9.17, 15) is 18.0 Å². The highest BCUT2D eigenvalue weighted by Crippen LogP contribution is 2.40. The predicted octanol–water partition coefficient (Wildman–Crippen LogP) is 3.99. The molecule has 1 aliphatic rings. The molecule has 2 atom stereocenters. The lowest BCUT2D eigenvalue weighted by atomic mass is 10.0. The number of nitrogens with zero attached hydrogens (tertiary/aromatic N) is 3. The molecule has 2 heterocycles. The molecule has 10 nitrogen and oxygen atoms in total. The number of sulfonamides is 1. The average Bonchev–Trinajstić information content (AvgIpc) is 3.19. The van der Waals surface area contributed by atoms with Gasteiger partial charge in [-0.1, -0.05) is 24.6 Å². The van der Waals surface area contributed by atoms with Crippen molar-refractivity contribution in [1.29, 1.82) is 0 Å². The molecule has 0 aliphatic carbocycles. The molecule has 2 aromatic rings. The number of hydrogen-bond acceptors (Lipinski definition) is 8. The van der Waals surface area contributed by atoms with Crippen LogP contribution < -0.4 is 9.04 Å². The Morgan fingerprint density at radius 2 is 1.97 bits per heavy atom. The second kappa shape index (κ2) is 11.3. The van der Waals surface area contributed by atoms with E-state index in [2.05, 4.69) is 5.10 Å². The molecule has 3 rings (SSSR count). The first-order valence-electron chi connectivity index (χ1n) is 12.2. The van der Waals surface area contributed by atoms with Crippen LogP contribution in [0.3, 0.4) is 0 Å². The number of fused-ring (bicyclic) bond motifs is 1. The Hall–Kier alpha value is -2.79. The van der Waals surface area contributed by atoms with Crippen LogP contribution in [0.2, 0.25) is 5.15 Å². The third-order valence-electron chi connectivity index (χ3n) is 5.61. The second-order valence-electron chi connectivity index (χ2n) is 9.87. The van der Waals surface area contributed by atoms with Crippen molar-refractivity contribution in [1.82, 2.24) is 9.78 Å². The molecule has 0 unspecified atom stereocenters. The molecule has 0 saturated heterocycles. The number of aryl methyl sites for hydroxylation is 1. The molecule has 204 valence electrons. The fraction of sp³-hybridized carbons (Fsp3) is 0.560. The van der Waals surface area contributed by atoms with E-state index in [-0.39, 0.29) is 47.7 Å². The van der Waals surface area contributed by atoms with Crippen molar-refractivity contribution in [2.24, 2.45) is 5.92 Å². The van der Waals surface area contributed by atoms with E-state index in [0.717, 1.165) is 0 Å². The maximum atomic E-state index is 13.8. The van der Waals surface area contributed by atoms with E-state index < -0.39 is 33.6 Å². The number of halogens is 1. The first-order valence-corrected chi connectivity index (χ1v) is 14.0. The van der Waals surface area contributed by atoms with E-state index in [1.54, 1.807) is 52.8 Å². The summed E-state index contributed by atoms with van der Waals surface area (Å²) < 4.78 is 46.9. The van der Waals surface area contributed by atoms with Gasteiger partial charge in [-0.25, -0.2) is 8.42 Å². The lowest BCUT2D eigenvalue weighted by molar-refractivity contribution is -0.154. The molecule has 0 amide bonds. The Morgan fingerprint density at radius 1 is 1.27 bits per heavy atom. The van der Waals surface area contributed by atoms with Crippen molar-refractivity contribution < 1.29 is 32.2 Å². The van der Waals surface area contributed by atoms with Gasteiger partial charge >= 0.3 is 11.9 Å². The van der Waals surface area contributed by atoms with Crippen LogP contribution in [0.15, 0.2) is 29.3 Å². The van der Waals surface area contributed by atoms with E-state index in [0.29, 0.717) is 17.9 Å². The lowest BCUT2D eigenvalue weighted by Gasteiger charge is -2.36. The lowest BCUT2D eigenvalue weighted by Crippen LogP contribution is -2.44. The number of aromatic nitrogens is 2. The van der Waals surface area contributed by atoms with E-state index >= 15 is 0 Å². The minimum atomic E-state index is -4.16. The van der Waals surface area contributed by atoms with Gasteiger partial charge in [-0.2, -0.15) is 5.10 Å². The standard InChI is InChI=1S/C25H34ClN3O7S/c1-7-28-15-21(23(26)27-28)37(32,33)29-14-18(11-16(3)24(31)34-8-2)35-20-10-9-17(12-19(20)29)13-22(30)36-25(4,5)6/h9-10,12,15-16,18H,7-8,11,13-14H2,1-6H3/t16-,18+/m1/s1. The smallest absolute Gasteiger partial charge is 0.310 e. The van der Waals surface area contributed by atoms with E-state index in [4.69, 9.17) is 25.8 Å². The molecule has 0 radical (unpaired) electrons. The third-order valence-corrected chi connectivity index (χ3v) is 7.78. The van der Waals surface area contributed by atoms with Gasteiger partial charge in [-0.05, 0) is 58.7 Å². The van der Waals surface area contributed by atoms with Crippen LogP contribution in [0.5, 0.6) is 5.75 Å². The number of rotatable bonds is 9. The van der Waals surface area contributed by atoms with E-state index in [1.807, 2.05) is 6.92 Å². The summed E-state index contributed by atoms with van der Waals surface area (Å²) in [5, 5.41) is 3.93. The molecular formula is C25H34ClN3O7S. The number of carbonyl (C=O) groups is 2. The second-order valence-corrected chi connectivity index (χ2v) is 12.1. The molecular weight excluding hydrogens is 522 g/mol. The minimum absolute atomic E-state index is 0.0454. The van der Waals surface area contributed by atoms with Gasteiger partial charge in [0, 0.05) is 12.7 Å². The summed E-state index contributed by atoms with van der Waals surface area (Å²) in [5.41, 5.74) is 0.176. The van der Waals surface area contributed by atoms with Gasteiger partial charge in [0.1, 0.15) is 22.4 Å².